The van der Waals surface area contributed by atoms with E-state index in [0.29, 0.717) is 26.0 Å². The molecule has 4 nitrogen and oxygen atoms in total. The summed E-state index contributed by atoms with van der Waals surface area (Å²) < 4.78 is 25.2. The van der Waals surface area contributed by atoms with E-state index in [9.17, 15) is 4.57 Å². The zero-order valence-corrected chi connectivity index (χ0v) is 17.8. The van der Waals surface area contributed by atoms with Gasteiger partial charge in [-0.1, -0.05) is 59.7 Å². The third-order valence-electron chi connectivity index (χ3n) is 4.50. The zero-order valence-electron chi connectivity index (χ0n) is 16.9. The Morgan fingerprint density at radius 2 is 1.30 bits per heavy atom. The van der Waals surface area contributed by atoms with Crippen LogP contribution in [0.3, 0.4) is 0 Å². The highest BCUT2D eigenvalue weighted by atomic mass is 31.2. The average molecular weight is 389 g/mol. The van der Waals surface area contributed by atoms with Crippen molar-refractivity contribution in [1.29, 1.82) is 0 Å². The van der Waals surface area contributed by atoms with Gasteiger partial charge in [0.15, 0.2) is 13.4 Å². The van der Waals surface area contributed by atoms with Crippen molar-refractivity contribution in [2.45, 2.75) is 40.4 Å². The van der Waals surface area contributed by atoms with Crippen LogP contribution in [-0.2, 0) is 14.0 Å². The Hall–Kier alpha value is -1.45. The van der Waals surface area contributed by atoms with Crippen LogP contribution in [0.1, 0.15) is 31.4 Å². The predicted molar refractivity (Wildman–Crippen MR) is 114 cm³/mol. The number of hydrogen-bond donors (Lipinski definition) is 1. The summed E-state index contributed by atoms with van der Waals surface area (Å²) >= 11 is 0. The lowest BCUT2D eigenvalue weighted by atomic mass is 10.2. The van der Waals surface area contributed by atoms with Crippen LogP contribution in [0.2, 0.25) is 0 Å². The van der Waals surface area contributed by atoms with Gasteiger partial charge in [0, 0.05) is 36.8 Å². The van der Waals surface area contributed by atoms with Gasteiger partial charge in [0.25, 0.3) is 0 Å². The highest BCUT2D eigenvalue weighted by Crippen LogP contribution is 2.42. The normalized spacial score (nSPS) is 11.9. The fraction of sp³-hybridized carbons (Fsp3) is 0.455. The molecule has 2 rings (SSSR count). The van der Waals surface area contributed by atoms with Gasteiger partial charge in [-0.05, 0) is 27.7 Å². The monoisotopic (exact) mass is 389 g/mol. The second-order valence-electron chi connectivity index (χ2n) is 6.70. The molecule has 27 heavy (non-hydrogen) atoms. The SMILES string of the molecule is CCOC(CCNCP(=O)(c1ccc(C)cc1)c1ccc(C)cc1)OCC. The molecule has 5 heteroatoms. The summed E-state index contributed by atoms with van der Waals surface area (Å²) in [7, 11) is -2.75. The number of nitrogens with one attached hydrogen (secondary N) is 1. The fourth-order valence-corrected chi connectivity index (χ4v) is 5.34. The van der Waals surface area contributed by atoms with Crippen LogP contribution in [-0.4, -0.2) is 32.3 Å². The predicted octanol–water partition coefficient (Wildman–Crippen LogP) is 3.95. The summed E-state index contributed by atoms with van der Waals surface area (Å²) in [6.45, 7) is 9.93. The van der Waals surface area contributed by atoms with Gasteiger partial charge in [-0.3, -0.25) is 0 Å². The lowest BCUT2D eigenvalue weighted by Crippen LogP contribution is -2.30. The molecule has 0 saturated carbocycles. The highest BCUT2D eigenvalue weighted by Gasteiger charge is 2.27. The third-order valence-corrected chi connectivity index (χ3v) is 7.43. The molecule has 0 heterocycles. The van der Waals surface area contributed by atoms with Gasteiger partial charge in [-0.25, -0.2) is 0 Å². The Balaban J connectivity index is 2.12. The molecule has 2 aromatic carbocycles. The van der Waals surface area contributed by atoms with E-state index in [1.54, 1.807) is 0 Å². The van der Waals surface area contributed by atoms with Crippen molar-refractivity contribution in [3.05, 3.63) is 59.7 Å². The zero-order chi connectivity index (χ0) is 19.7. The first-order valence-corrected chi connectivity index (χ1v) is 11.6. The van der Waals surface area contributed by atoms with Gasteiger partial charge in [-0.2, -0.15) is 0 Å². The Kier molecular flexibility index (Phi) is 8.72. The Bertz CT molecular complexity index is 673. The van der Waals surface area contributed by atoms with E-state index in [1.807, 2.05) is 76.2 Å². The van der Waals surface area contributed by atoms with E-state index in [0.717, 1.165) is 17.0 Å². The smallest absolute Gasteiger partial charge is 0.158 e. The second-order valence-corrected chi connectivity index (χ2v) is 9.53. The maximum atomic E-state index is 14.0. The lowest BCUT2D eigenvalue weighted by molar-refractivity contribution is -0.138. The lowest BCUT2D eigenvalue weighted by Gasteiger charge is -2.22. The van der Waals surface area contributed by atoms with E-state index in [4.69, 9.17) is 9.47 Å². The van der Waals surface area contributed by atoms with Crippen molar-refractivity contribution < 1.29 is 14.0 Å². The first-order chi connectivity index (χ1) is 13.0. The topological polar surface area (TPSA) is 47.6 Å². The molecule has 0 radical (unpaired) electrons. The third kappa shape index (κ3) is 6.29. The molecule has 0 bridgehead atoms. The first-order valence-electron chi connectivity index (χ1n) is 9.67. The number of rotatable bonds is 11. The largest absolute Gasteiger partial charge is 0.353 e. The molecule has 0 aliphatic heterocycles. The fourth-order valence-electron chi connectivity index (χ4n) is 2.95. The van der Waals surface area contributed by atoms with Crippen LogP contribution in [0.5, 0.6) is 0 Å². The van der Waals surface area contributed by atoms with Crippen molar-refractivity contribution in [2.24, 2.45) is 0 Å². The molecular weight excluding hydrogens is 357 g/mol. The van der Waals surface area contributed by atoms with Crippen molar-refractivity contribution in [1.82, 2.24) is 5.32 Å². The summed E-state index contributed by atoms with van der Waals surface area (Å²) in [5, 5.41) is 5.15. The maximum Gasteiger partial charge on any atom is 0.158 e. The van der Waals surface area contributed by atoms with E-state index in [-0.39, 0.29) is 6.29 Å². The van der Waals surface area contributed by atoms with Gasteiger partial charge in [0.2, 0.25) is 0 Å². The molecule has 0 aliphatic rings. The maximum absolute atomic E-state index is 14.0. The van der Waals surface area contributed by atoms with Crippen molar-refractivity contribution in [2.75, 3.05) is 26.0 Å². The van der Waals surface area contributed by atoms with Gasteiger partial charge in [-0.15, -0.1) is 0 Å². The molecule has 2 aromatic rings. The minimum atomic E-state index is -2.75. The quantitative estimate of drug-likeness (QED) is 0.359. The Morgan fingerprint density at radius 1 is 0.852 bits per heavy atom. The minimum Gasteiger partial charge on any atom is -0.353 e. The number of aryl methyl sites for hydroxylation is 2. The number of benzene rings is 2. The Labute approximate surface area is 163 Å². The van der Waals surface area contributed by atoms with Crippen LogP contribution in [0.4, 0.5) is 0 Å². The molecule has 0 aromatic heterocycles. The molecule has 0 spiro atoms. The molecule has 0 aliphatic carbocycles. The molecule has 0 atom stereocenters. The van der Waals surface area contributed by atoms with Crippen LogP contribution in [0.15, 0.2) is 48.5 Å². The van der Waals surface area contributed by atoms with Gasteiger partial charge in [0.1, 0.15) is 0 Å². The summed E-state index contributed by atoms with van der Waals surface area (Å²) in [6.07, 6.45) is 0.929. The molecule has 148 valence electrons. The number of hydrogen-bond acceptors (Lipinski definition) is 4. The standard InChI is InChI=1S/C22H32NO3P/c1-5-25-22(26-6-2)15-16-23-17-27(24,20-11-7-18(3)8-12-20)21-13-9-19(4)10-14-21/h7-14,22-23H,5-6,15-17H2,1-4H3. The molecule has 0 unspecified atom stereocenters. The summed E-state index contributed by atoms with van der Waals surface area (Å²) in [5.41, 5.74) is 2.33. The minimum absolute atomic E-state index is 0.217. The van der Waals surface area contributed by atoms with Crippen LogP contribution >= 0.6 is 7.14 Å². The summed E-state index contributed by atoms with van der Waals surface area (Å²) in [6, 6.07) is 16.0. The van der Waals surface area contributed by atoms with E-state index in [2.05, 4.69) is 5.32 Å². The van der Waals surface area contributed by atoms with Crippen LogP contribution < -0.4 is 15.9 Å². The highest BCUT2D eigenvalue weighted by molar-refractivity contribution is 7.78. The van der Waals surface area contributed by atoms with E-state index < -0.39 is 7.14 Å². The molecule has 0 fully saturated rings. The van der Waals surface area contributed by atoms with Crippen molar-refractivity contribution in [3.63, 3.8) is 0 Å². The van der Waals surface area contributed by atoms with Gasteiger partial charge in [0.05, 0.1) is 6.29 Å². The van der Waals surface area contributed by atoms with E-state index >= 15 is 0 Å². The molecule has 1 N–H and O–H groups in total. The van der Waals surface area contributed by atoms with Crippen LogP contribution in [0.25, 0.3) is 0 Å². The Morgan fingerprint density at radius 3 is 1.70 bits per heavy atom. The van der Waals surface area contributed by atoms with Gasteiger partial charge >= 0.3 is 0 Å². The summed E-state index contributed by atoms with van der Waals surface area (Å²) in [4.78, 5) is 0. The van der Waals surface area contributed by atoms with Gasteiger partial charge < -0.3 is 19.4 Å². The van der Waals surface area contributed by atoms with Crippen molar-refractivity contribution in [3.8, 4) is 0 Å². The second kappa shape index (κ2) is 10.8. The molecule has 0 saturated heterocycles. The van der Waals surface area contributed by atoms with E-state index in [1.165, 1.54) is 11.1 Å². The average Bonchev–Trinajstić information content (AvgIpc) is 2.66. The first kappa shape index (κ1) is 21.8. The van der Waals surface area contributed by atoms with Crippen molar-refractivity contribution >= 4 is 17.8 Å². The number of ether oxygens (including phenoxy) is 2. The van der Waals surface area contributed by atoms with Crippen LogP contribution in [0, 0.1) is 13.8 Å². The molecular formula is C22H32NO3P. The molecule has 0 amide bonds. The summed E-state index contributed by atoms with van der Waals surface area (Å²) in [5.74, 6) is 0.